The van der Waals surface area contributed by atoms with Crippen molar-refractivity contribution in [1.82, 2.24) is 4.72 Å². The molecule has 1 aromatic carbocycles. The van der Waals surface area contributed by atoms with E-state index in [9.17, 15) is 22.8 Å². The minimum absolute atomic E-state index is 0.0107. The highest BCUT2D eigenvalue weighted by atomic mass is 32.2. The van der Waals surface area contributed by atoms with E-state index in [1.165, 1.54) is 23.1 Å². The summed E-state index contributed by atoms with van der Waals surface area (Å²) in [5.41, 5.74) is 0.0252. The maximum absolute atomic E-state index is 12.2. The van der Waals surface area contributed by atoms with Crippen LogP contribution in [0.25, 0.3) is 0 Å². The zero-order chi connectivity index (χ0) is 19.1. The second-order valence-corrected chi connectivity index (χ2v) is 6.98. The molecule has 138 valence electrons. The molecule has 0 atom stereocenters. The van der Waals surface area contributed by atoms with Gasteiger partial charge in [0.1, 0.15) is 17.3 Å². The maximum Gasteiger partial charge on any atom is 0.355 e. The Morgan fingerprint density at radius 1 is 1.19 bits per heavy atom. The van der Waals surface area contributed by atoms with Gasteiger partial charge in [0.15, 0.2) is 0 Å². The molecule has 1 amide bonds. The summed E-state index contributed by atoms with van der Waals surface area (Å²) in [5, 5.41) is 0. The summed E-state index contributed by atoms with van der Waals surface area (Å²) in [5.74, 6) is -2.33. The molecule has 10 nitrogen and oxygen atoms in total. The zero-order valence-corrected chi connectivity index (χ0v) is 14.6. The molecule has 0 bridgehead atoms. The quantitative estimate of drug-likeness (QED) is 0.689. The van der Waals surface area contributed by atoms with E-state index in [-0.39, 0.29) is 40.8 Å². The Labute approximate surface area is 148 Å². The van der Waals surface area contributed by atoms with Crippen molar-refractivity contribution in [2.24, 2.45) is 0 Å². The molecule has 1 aromatic rings. The smallest absolute Gasteiger partial charge is 0.355 e. The first-order chi connectivity index (χ1) is 12.3. The lowest BCUT2D eigenvalue weighted by Gasteiger charge is -2.31. The van der Waals surface area contributed by atoms with Crippen LogP contribution < -0.4 is 9.62 Å². The van der Waals surface area contributed by atoms with Crippen molar-refractivity contribution in [3.05, 3.63) is 35.0 Å². The van der Waals surface area contributed by atoms with Crippen LogP contribution in [0.15, 0.2) is 34.4 Å². The zero-order valence-electron chi connectivity index (χ0n) is 13.8. The highest BCUT2D eigenvalue weighted by Gasteiger charge is 2.36. The van der Waals surface area contributed by atoms with E-state index in [0.717, 1.165) is 14.2 Å². The Morgan fingerprint density at radius 2 is 1.88 bits per heavy atom. The number of benzene rings is 1. The summed E-state index contributed by atoms with van der Waals surface area (Å²) in [6.07, 6.45) is 0. The number of carbonyl (C=O) groups is 3. The van der Waals surface area contributed by atoms with E-state index in [2.05, 4.69) is 4.74 Å². The lowest BCUT2D eigenvalue weighted by molar-refractivity contribution is -0.140. The van der Waals surface area contributed by atoms with Crippen LogP contribution in [0.3, 0.4) is 0 Å². The second kappa shape index (κ2) is 6.42. The van der Waals surface area contributed by atoms with Crippen molar-refractivity contribution < 1.29 is 37.0 Å². The summed E-state index contributed by atoms with van der Waals surface area (Å²) >= 11 is 0. The summed E-state index contributed by atoms with van der Waals surface area (Å²) in [6, 6.07) is 3.97. The van der Waals surface area contributed by atoms with Gasteiger partial charge in [-0.25, -0.2) is 22.7 Å². The van der Waals surface area contributed by atoms with Gasteiger partial charge in [-0.3, -0.25) is 4.79 Å². The molecule has 0 spiro atoms. The maximum atomic E-state index is 12.2. The molecule has 1 N–H and O–H groups in total. The predicted octanol–water partition coefficient (Wildman–Crippen LogP) is -0.487. The number of anilines is 1. The summed E-state index contributed by atoms with van der Waals surface area (Å²) in [7, 11) is -1.68. The second-order valence-electron chi connectivity index (χ2n) is 5.33. The lowest BCUT2D eigenvalue weighted by Crippen LogP contribution is -2.38. The number of nitrogens with one attached hydrogen (secondary N) is 1. The number of carbonyl (C=O) groups excluding carboxylic acids is 3. The SMILES string of the molecule is COC(=O)C1=C(C(=O)OC)N(c2ccc3c(c2)S(=O)(=O)NC3=O)COC1. The molecular weight excluding hydrogens is 368 g/mol. The largest absolute Gasteiger partial charge is 0.466 e. The molecule has 2 heterocycles. The van der Waals surface area contributed by atoms with Gasteiger partial charge in [-0.05, 0) is 18.2 Å². The highest BCUT2D eigenvalue weighted by molar-refractivity contribution is 7.90. The third-order valence-electron chi connectivity index (χ3n) is 3.87. The minimum Gasteiger partial charge on any atom is -0.466 e. The average Bonchev–Trinajstić information content (AvgIpc) is 2.88. The molecule has 2 aliphatic heterocycles. The molecule has 0 unspecified atom stereocenters. The normalized spacial score (nSPS) is 18.2. The summed E-state index contributed by atoms with van der Waals surface area (Å²) in [4.78, 5) is 36.9. The molecule has 0 aromatic heterocycles. The Kier molecular flexibility index (Phi) is 4.42. The first-order valence-electron chi connectivity index (χ1n) is 7.26. The molecule has 11 heteroatoms. The fourth-order valence-electron chi connectivity index (χ4n) is 2.67. The third kappa shape index (κ3) is 2.80. The van der Waals surface area contributed by atoms with Gasteiger partial charge in [0.25, 0.3) is 15.9 Å². The van der Waals surface area contributed by atoms with Crippen LogP contribution in [-0.2, 0) is 33.8 Å². The number of nitrogens with zero attached hydrogens (tertiary/aromatic N) is 1. The van der Waals surface area contributed by atoms with Gasteiger partial charge in [-0.2, -0.15) is 0 Å². The van der Waals surface area contributed by atoms with Crippen molar-refractivity contribution in [3.63, 3.8) is 0 Å². The third-order valence-corrected chi connectivity index (χ3v) is 5.24. The van der Waals surface area contributed by atoms with Crippen molar-refractivity contribution in [1.29, 1.82) is 0 Å². The number of hydrogen-bond acceptors (Lipinski definition) is 9. The first-order valence-corrected chi connectivity index (χ1v) is 8.74. The van der Waals surface area contributed by atoms with E-state index < -0.39 is 27.9 Å². The van der Waals surface area contributed by atoms with Gasteiger partial charge < -0.3 is 19.1 Å². The fourth-order valence-corrected chi connectivity index (χ4v) is 3.86. The van der Waals surface area contributed by atoms with Crippen LogP contribution in [-0.4, -0.2) is 53.8 Å². The van der Waals surface area contributed by atoms with Crippen LogP contribution >= 0.6 is 0 Å². The van der Waals surface area contributed by atoms with E-state index in [0.29, 0.717) is 0 Å². The lowest BCUT2D eigenvalue weighted by atomic mass is 10.1. The van der Waals surface area contributed by atoms with Gasteiger partial charge in [0, 0.05) is 5.69 Å². The number of sulfonamides is 1. The molecule has 0 radical (unpaired) electrons. The van der Waals surface area contributed by atoms with Crippen LogP contribution in [0.4, 0.5) is 5.69 Å². The van der Waals surface area contributed by atoms with Gasteiger partial charge in [0.2, 0.25) is 0 Å². The number of esters is 2. The fraction of sp³-hybridized carbons (Fsp3) is 0.267. The van der Waals surface area contributed by atoms with E-state index in [1.807, 2.05) is 4.72 Å². The van der Waals surface area contributed by atoms with Crippen molar-refractivity contribution in [2.75, 3.05) is 32.5 Å². The number of fused-ring (bicyclic) bond motifs is 1. The van der Waals surface area contributed by atoms with Crippen molar-refractivity contribution >= 4 is 33.6 Å². The predicted molar refractivity (Wildman–Crippen MR) is 85.5 cm³/mol. The number of ether oxygens (including phenoxy) is 3. The molecule has 26 heavy (non-hydrogen) atoms. The molecule has 0 saturated carbocycles. The first kappa shape index (κ1) is 17.9. The number of amides is 1. The number of rotatable bonds is 3. The van der Waals surface area contributed by atoms with Gasteiger partial charge >= 0.3 is 11.9 Å². The molecule has 0 saturated heterocycles. The Morgan fingerprint density at radius 3 is 2.54 bits per heavy atom. The summed E-state index contributed by atoms with van der Waals surface area (Å²) < 4.78 is 40.6. The average molecular weight is 382 g/mol. The molecule has 3 rings (SSSR count). The van der Waals surface area contributed by atoms with Crippen LogP contribution in [0.1, 0.15) is 10.4 Å². The molecular formula is C15H14N2O8S. The molecule has 0 aliphatic carbocycles. The number of methoxy groups -OCH3 is 2. The van der Waals surface area contributed by atoms with Crippen molar-refractivity contribution in [2.45, 2.75) is 4.90 Å². The standard InChI is InChI=1S/C15H14N2O8S/c1-23-14(19)10-6-25-7-17(12(10)15(20)24-2)8-3-4-9-11(5-8)26(21,22)16-13(9)18/h3-5H,6-7H2,1-2H3,(H,16,18). The van der Waals surface area contributed by atoms with Gasteiger partial charge in [-0.1, -0.05) is 0 Å². The van der Waals surface area contributed by atoms with Crippen LogP contribution in [0, 0.1) is 0 Å². The molecule has 2 aliphatic rings. The van der Waals surface area contributed by atoms with E-state index >= 15 is 0 Å². The van der Waals surface area contributed by atoms with Gasteiger partial charge in [0.05, 0.1) is 32.0 Å². The number of hydrogen-bond donors (Lipinski definition) is 1. The molecule has 0 fully saturated rings. The Balaban J connectivity index is 2.15. The Bertz CT molecular complexity index is 950. The monoisotopic (exact) mass is 382 g/mol. The van der Waals surface area contributed by atoms with Gasteiger partial charge in [-0.15, -0.1) is 0 Å². The van der Waals surface area contributed by atoms with Crippen LogP contribution in [0.2, 0.25) is 0 Å². The van der Waals surface area contributed by atoms with Crippen LogP contribution in [0.5, 0.6) is 0 Å². The highest BCUT2D eigenvalue weighted by Crippen LogP contribution is 2.31. The van der Waals surface area contributed by atoms with Crippen molar-refractivity contribution in [3.8, 4) is 0 Å². The van der Waals surface area contributed by atoms with E-state index in [4.69, 9.17) is 9.47 Å². The minimum atomic E-state index is -3.98. The summed E-state index contributed by atoms with van der Waals surface area (Å²) in [6.45, 7) is -0.304. The topological polar surface area (TPSA) is 128 Å². The van der Waals surface area contributed by atoms with E-state index in [1.54, 1.807) is 0 Å². The Hall–Kier alpha value is -2.92.